The van der Waals surface area contributed by atoms with Crippen LogP contribution in [0.1, 0.15) is 27.2 Å². The Morgan fingerprint density at radius 1 is 1.58 bits per heavy atom. The lowest BCUT2D eigenvalue weighted by Crippen LogP contribution is -2.31. The quantitative estimate of drug-likeness (QED) is 0.714. The summed E-state index contributed by atoms with van der Waals surface area (Å²) in [6.07, 6.45) is 1.17. The van der Waals surface area contributed by atoms with E-state index >= 15 is 0 Å². The number of nitrogens with zero attached hydrogens (tertiary/aromatic N) is 1. The third-order valence-corrected chi connectivity index (χ3v) is 3.25. The summed E-state index contributed by atoms with van der Waals surface area (Å²) in [6.45, 7) is 8.71. The third-order valence-electron chi connectivity index (χ3n) is 1.78. The fourth-order valence-electron chi connectivity index (χ4n) is 0.980. The SMILES string of the molecule is CCCNC1=NCC(C)(C)CS1. The van der Waals surface area contributed by atoms with Crippen LogP contribution < -0.4 is 5.32 Å². The van der Waals surface area contributed by atoms with E-state index in [9.17, 15) is 0 Å². The summed E-state index contributed by atoms with van der Waals surface area (Å²) in [5.41, 5.74) is 0.391. The minimum absolute atomic E-state index is 0.391. The van der Waals surface area contributed by atoms with Crippen LogP contribution in [-0.2, 0) is 0 Å². The smallest absolute Gasteiger partial charge is 0.156 e. The molecule has 0 amide bonds. The summed E-state index contributed by atoms with van der Waals surface area (Å²) < 4.78 is 0. The van der Waals surface area contributed by atoms with Gasteiger partial charge in [-0.15, -0.1) is 0 Å². The summed E-state index contributed by atoms with van der Waals surface area (Å²) in [4.78, 5) is 4.49. The van der Waals surface area contributed by atoms with E-state index in [0.29, 0.717) is 5.41 Å². The Kier molecular flexibility index (Phi) is 3.44. The summed E-state index contributed by atoms with van der Waals surface area (Å²) in [6, 6.07) is 0. The first-order valence-electron chi connectivity index (χ1n) is 4.55. The van der Waals surface area contributed by atoms with E-state index < -0.39 is 0 Å². The Morgan fingerprint density at radius 2 is 2.33 bits per heavy atom. The largest absolute Gasteiger partial charge is 0.365 e. The molecule has 1 aliphatic rings. The van der Waals surface area contributed by atoms with Gasteiger partial charge >= 0.3 is 0 Å². The van der Waals surface area contributed by atoms with Crippen molar-refractivity contribution in [3.8, 4) is 0 Å². The molecule has 0 saturated heterocycles. The fourth-order valence-corrected chi connectivity index (χ4v) is 1.96. The van der Waals surface area contributed by atoms with Gasteiger partial charge in [-0.25, -0.2) is 0 Å². The van der Waals surface area contributed by atoms with Crippen molar-refractivity contribution in [2.24, 2.45) is 10.4 Å². The van der Waals surface area contributed by atoms with E-state index in [1.165, 1.54) is 12.2 Å². The van der Waals surface area contributed by atoms with Crippen LogP contribution in [0.25, 0.3) is 0 Å². The predicted octanol–water partition coefficient (Wildman–Crippen LogP) is 2.12. The zero-order valence-corrected chi connectivity index (χ0v) is 9.00. The lowest BCUT2D eigenvalue weighted by Gasteiger charge is -2.27. The van der Waals surface area contributed by atoms with E-state index in [1.54, 1.807) is 0 Å². The molecule has 0 unspecified atom stereocenters. The van der Waals surface area contributed by atoms with Crippen LogP contribution in [0.4, 0.5) is 0 Å². The topological polar surface area (TPSA) is 24.4 Å². The van der Waals surface area contributed by atoms with E-state index in [4.69, 9.17) is 0 Å². The zero-order valence-electron chi connectivity index (χ0n) is 8.18. The van der Waals surface area contributed by atoms with Gasteiger partial charge in [0.05, 0.1) is 0 Å². The van der Waals surface area contributed by atoms with Gasteiger partial charge in [0.1, 0.15) is 0 Å². The number of hydrogen-bond acceptors (Lipinski definition) is 3. The van der Waals surface area contributed by atoms with E-state index in [1.807, 2.05) is 11.8 Å². The normalized spacial score (nSPS) is 21.8. The average molecular weight is 186 g/mol. The van der Waals surface area contributed by atoms with Gasteiger partial charge in [-0.3, -0.25) is 4.99 Å². The second-order valence-electron chi connectivity index (χ2n) is 4.00. The number of thioether (sulfide) groups is 1. The van der Waals surface area contributed by atoms with Gasteiger partial charge < -0.3 is 5.32 Å². The molecule has 1 N–H and O–H groups in total. The third kappa shape index (κ3) is 3.05. The highest BCUT2D eigenvalue weighted by atomic mass is 32.2. The van der Waals surface area contributed by atoms with Crippen molar-refractivity contribution in [1.82, 2.24) is 5.32 Å². The van der Waals surface area contributed by atoms with Crippen LogP contribution in [0.5, 0.6) is 0 Å². The standard InChI is InChI=1S/C9H18N2S/c1-4-5-10-8-11-6-9(2,3)7-12-8/h4-7H2,1-3H3,(H,10,11). The van der Waals surface area contributed by atoms with Gasteiger partial charge in [-0.05, 0) is 11.8 Å². The molecule has 1 heterocycles. The van der Waals surface area contributed by atoms with Crippen LogP contribution in [0.2, 0.25) is 0 Å². The monoisotopic (exact) mass is 186 g/mol. The van der Waals surface area contributed by atoms with Gasteiger partial charge in [0.2, 0.25) is 0 Å². The Hall–Kier alpha value is -0.180. The molecule has 70 valence electrons. The number of nitrogens with one attached hydrogen (secondary N) is 1. The molecule has 0 spiro atoms. The predicted molar refractivity (Wildman–Crippen MR) is 56.8 cm³/mol. The second-order valence-corrected chi connectivity index (χ2v) is 4.97. The van der Waals surface area contributed by atoms with E-state index in [2.05, 4.69) is 31.1 Å². The number of amidine groups is 1. The second kappa shape index (κ2) is 4.17. The number of rotatable bonds is 2. The Bertz CT molecular complexity index is 175. The maximum absolute atomic E-state index is 4.49. The molecule has 0 aliphatic carbocycles. The minimum atomic E-state index is 0.391. The Balaban J connectivity index is 2.34. The zero-order chi connectivity index (χ0) is 9.03. The van der Waals surface area contributed by atoms with Crippen LogP contribution in [0.3, 0.4) is 0 Å². The molecule has 0 saturated carbocycles. The van der Waals surface area contributed by atoms with Crippen molar-refractivity contribution in [2.75, 3.05) is 18.8 Å². The molecule has 1 rings (SSSR count). The number of hydrogen-bond donors (Lipinski definition) is 1. The summed E-state index contributed by atoms with van der Waals surface area (Å²) >= 11 is 1.85. The molecular formula is C9H18N2S. The summed E-state index contributed by atoms with van der Waals surface area (Å²) in [5.74, 6) is 1.18. The maximum atomic E-state index is 4.49. The molecule has 0 bridgehead atoms. The highest BCUT2D eigenvalue weighted by Crippen LogP contribution is 2.26. The Labute approximate surface area is 79.2 Å². The minimum Gasteiger partial charge on any atom is -0.365 e. The van der Waals surface area contributed by atoms with Gasteiger partial charge in [0.15, 0.2) is 5.17 Å². The van der Waals surface area contributed by atoms with Gasteiger partial charge in [0.25, 0.3) is 0 Å². The number of aliphatic imine (C=N–C) groups is 1. The first-order chi connectivity index (χ1) is 5.64. The van der Waals surface area contributed by atoms with Crippen molar-refractivity contribution in [3.05, 3.63) is 0 Å². The molecule has 0 aromatic carbocycles. The highest BCUT2D eigenvalue weighted by molar-refractivity contribution is 8.13. The van der Waals surface area contributed by atoms with Gasteiger partial charge in [-0.1, -0.05) is 32.5 Å². The summed E-state index contributed by atoms with van der Waals surface area (Å²) in [5, 5.41) is 4.46. The summed E-state index contributed by atoms with van der Waals surface area (Å²) in [7, 11) is 0. The van der Waals surface area contributed by atoms with E-state index in [0.717, 1.165) is 18.3 Å². The maximum Gasteiger partial charge on any atom is 0.156 e. The lowest BCUT2D eigenvalue weighted by molar-refractivity contribution is 0.436. The van der Waals surface area contributed by atoms with Gasteiger partial charge in [0, 0.05) is 18.8 Å². The molecular weight excluding hydrogens is 168 g/mol. The van der Waals surface area contributed by atoms with Crippen molar-refractivity contribution in [2.45, 2.75) is 27.2 Å². The first kappa shape index (κ1) is 9.90. The highest BCUT2D eigenvalue weighted by Gasteiger charge is 2.22. The molecule has 3 heteroatoms. The molecule has 12 heavy (non-hydrogen) atoms. The molecule has 2 nitrogen and oxygen atoms in total. The van der Waals surface area contributed by atoms with Crippen molar-refractivity contribution < 1.29 is 0 Å². The van der Waals surface area contributed by atoms with Gasteiger partial charge in [-0.2, -0.15) is 0 Å². The molecule has 0 atom stereocenters. The van der Waals surface area contributed by atoms with Crippen LogP contribution >= 0.6 is 11.8 Å². The molecule has 0 radical (unpaired) electrons. The molecule has 0 aromatic rings. The van der Waals surface area contributed by atoms with Crippen molar-refractivity contribution in [1.29, 1.82) is 0 Å². The molecule has 1 aliphatic heterocycles. The van der Waals surface area contributed by atoms with Crippen molar-refractivity contribution in [3.63, 3.8) is 0 Å². The van der Waals surface area contributed by atoms with Crippen molar-refractivity contribution >= 4 is 16.9 Å². The average Bonchev–Trinajstić information content (AvgIpc) is 2.03. The van der Waals surface area contributed by atoms with Crippen LogP contribution in [0.15, 0.2) is 4.99 Å². The first-order valence-corrected chi connectivity index (χ1v) is 5.54. The fraction of sp³-hybridized carbons (Fsp3) is 0.889. The molecule has 0 fully saturated rings. The van der Waals surface area contributed by atoms with E-state index in [-0.39, 0.29) is 0 Å². The molecule has 0 aromatic heterocycles. The van der Waals surface area contributed by atoms with Crippen LogP contribution in [-0.4, -0.2) is 24.0 Å². The van der Waals surface area contributed by atoms with Crippen LogP contribution in [0, 0.1) is 5.41 Å². The Morgan fingerprint density at radius 3 is 2.83 bits per heavy atom. The lowest BCUT2D eigenvalue weighted by atomic mass is 9.97.